The Hall–Kier alpha value is -2.34. The molecule has 0 aliphatic carbocycles. The van der Waals surface area contributed by atoms with E-state index in [4.69, 9.17) is 11.6 Å². The highest BCUT2D eigenvalue weighted by molar-refractivity contribution is 6.40. The van der Waals surface area contributed by atoms with Crippen molar-refractivity contribution in [1.82, 2.24) is 14.9 Å². The summed E-state index contributed by atoms with van der Waals surface area (Å²) >= 11 is 5.97. The number of halogens is 1. The molecule has 22 heavy (non-hydrogen) atoms. The molecule has 7 heteroatoms. The SMILES string of the molecule is Cc1c(Cl)cccc1NC(=O)C(=O)NCCn1ccnc1C. The lowest BCUT2D eigenvalue weighted by atomic mass is 10.2. The van der Waals surface area contributed by atoms with Gasteiger partial charge in [0.15, 0.2) is 0 Å². The highest BCUT2D eigenvalue weighted by atomic mass is 35.5. The molecule has 0 aliphatic heterocycles. The van der Waals surface area contributed by atoms with Crippen molar-refractivity contribution in [1.29, 1.82) is 0 Å². The minimum atomic E-state index is -0.715. The van der Waals surface area contributed by atoms with E-state index in [0.717, 1.165) is 11.4 Å². The smallest absolute Gasteiger partial charge is 0.313 e. The second-order valence-electron chi connectivity index (χ2n) is 4.79. The minimum Gasteiger partial charge on any atom is -0.346 e. The van der Waals surface area contributed by atoms with E-state index in [1.54, 1.807) is 31.3 Å². The first-order chi connectivity index (χ1) is 10.5. The van der Waals surface area contributed by atoms with Crippen LogP contribution in [0.1, 0.15) is 11.4 Å². The molecule has 2 aromatic rings. The normalized spacial score (nSPS) is 10.3. The molecule has 0 atom stereocenters. The summed E-state index contributed by atoms with van der Waals surface area (Å²) in [5.74, 6) is -0.543. The van der Waals surface area contributed by atoms with Gasteiger partial charge in [0.25, 0.3) is 0 Å². The van der Waals surface area contributed by atoms with Crippen LogP contribution in [0, 0.1) is 13.8 Å². The summed E-state index contributed by atoms with van der Waals surface area (Å²) in [6.45, 7) is 4.55. The van der Waals surface area contributed by atoms with Gasteiger partial charge in [-0.3, -0.25) is 9.59 Å². The standard InChI is InChI=1S/C15H17ClN4O2/c1-10-12(16)4-3-5-13(10)19-15(22)14(21)18-7-9-20-8-6-17-11(20)2/h3-6,8H,7,9H2,1-2H3,(H,18,21)(H,19,22). The number of anilines is 1. The molecule has 0 fully saturated rings. The summed E-state index contributed by atoms with van der Waals surface area (Å²) in [6.07, 6.45) is 3.50. The molecule has 0 saturated heterocycles. The van der Waals surface area contributed by atoms with Crippen molar-refractivity contribution >= 4 is 29.1 Å². The predicted molar refractivity (Wildman–Crippen MR) is 84.8 cm³/mol. The molecular weight excluding hydrogens is 304 g/mol. The Bertz CT molecular complexity index is 697. The van der Waals surface area contributed by atoms with Crippen molar-refractivity contribution in [3.05, 3.63) is 47.0 Å². The number of hydrogen-bond donors (Lipinski definition) is 2. The lowest BCUT2D eigenvalue weighted by Gasteiger charge is -2.10. The Morgan fingerprint density at radius 3 is 2.73 bits per heavy atom. The van der Waals surface area contributed by atoms with Gasteiger partial charge in [0, 0.05) is 36.2 Å². The maximum absolute atomic E-state index is 11.8. The van der Waals surface area contributed by atoms with Gasteiger partial charge < -0.3 is 15.2 Å². The minimum absolute atomic E-state index is 0.345. The molecule has 6 nitrogen and oxygen atoms in total. The number of nitrogens with one attached hydrogen (secondary N) is 2. The third-order valence-electron chi connectivity index (χ3n) is 3.28. The first kappa shape index (κ1) is 16.0. The van der Waals surface area contributed by atoms with Gasteiger partial charge >= 0.3 is 11.8 Å². The molecule has 0 aliphatic rings. The number of carbonyl (C=O) groups is 2. The average molecular weight is 321 g/mol. The maximum Gasteiger partial charge on any atom is 0.313 e. The van der Waals surface area contributed by atoms with Crippen LogP contribution < -0.4 is 10.6 Å². The number of imidazole rings is 1. The first-order valence-corrected chi connectivity index (χ1v) is 7.19. The molecule has 0 radical (unpaired) electrons. The number of aryl methyl sites for hydroxylation is 1. The van der Waals surface area contributed by atoms with E-state index in [0.29, 0.717) is 23.8 Å². The molecular formula is C15H17ClN4O2. The van der Waals surface area contributed by atoms with Crippen molar-refractivity contribution < 1.29 is 9.59 Å². The third kappa shape index (κ3) is 3.85. The van der Waals surface area contributed by atoms with Gasteiger partial charge in [0.05, 0.1) is 0 Å². The van der Waals surface area contributed by atoms with E-state index in [9.17, 15) is 9.59 Å². The summed E-state index contributed by atoms with van der Waals surface area (Å²) < 4.78 is 1.89. The Labute approximate surface area is 133 Å². The molecule has 116 valence electrons. The zero-order valence-corrected chi connectivity index (χ0v) is 13.1. The van der Waals surface area contributed by atoms with E-state index < -0.39 is 11.8 Å². The highest BCUT2D eigenvalue weighted by Crippen LogP contribution is 2.22. The Balaban J connectivity index is 1.86. The molecule has 2 rings (SSSR count). The average Bonchev–Trinajstić information content (AvgIpc) is 2.89. The van der Waals surface area contributed by atoms with E-state index in [2.05, 4.69) is 15.6 Å². The first-order valence-electron chi connectivity index (χ1n) is 6.81. The van der Waals surface area contributed by atoms with Gasteiger partial charge in [0.1, 0.15) is 5.82 Å². The van der Waals surface area contributed by atoms with E-state index in [1.165, 1.54) is 0 Å². The van der Waals surface area contributed by atoms with Crippen LogP contribution in [-0.4, -0.2) is 27.9 Å². The van der Waals surface area contributed by atoms with Crippen LogP contribution in [-0.2, 0) is 16.1 Å². The maximum atomic E-state index is 11.8. The van der Waals surface area contributed by atoms with Crippen LogP contribution in [0.4, 0.5) is 5.69 Å². The van der Waals surface area contributed by atoms with Gasteiger partial charge in [-0.15, -0.1) is 0 Å². The molecule has 0 bridgehead atoms. The number of benzene rings is 1. The van der Waals surface area contributed by atoms with Gasteiger partial charge in [0.2, 0.25) is 0 Å². The molecule has 1 aromatic heterocycles. The van der Waals surface area contributed by atoms with E-state index in [1.807, 2.05) is 17.7 Å². The predicted octanol–water partition coefficient (Wildman–Crippen LogP) is 1.91. The molecule has 0 unspecified atom stereocenters. The van der Waals surface area contributed by atoms with Gasteiger partial charge in [-0.2, -0.15) is 0 Å². The Morgan fingerprint density at radius 1 is 1.27 bits per heavy atom. The van der Waals surface area contributed by atoms with Crippen LogP contribution >= 0.6 is 11.6 Å². The van der Waals surface area contributed by atoms with Crippen LogP contribution in [0.2, 0.25) is 5.02 Å². The fourth-order valence-electron chi connectivity index (χ4n) is 1.93. The second-order valence-corrected chi connectivity index (χ2v) is 5.20. The van der Waals surface area contributed by atoms with Crippen LogP contribution in [0.5, 0.6) is 0 Å². The number of rotatable bonds is 4. The van der Waals surface area contributed by atoms with E-state index >= 15 is 0 Å². The van der Waals surface area contributed by atoms with Crippen LogP contribution in [0.25, 0.3) is 0 Å². The summed E-state index contributed by atoms with van der Waals surface area (Å²) in [6, 6.07) is 5.13. The zero-order chi connectivity index (χ0) is 16.1. The lowest BCUT2D eigenvalue weighted by molar-refractivity contribution is -0.136. The molecule has 0 spiro atoms. The van der Waals surface area contributed by atoms with Crippen LogP contribution in [0.3, 0.4) is 0 Å². The summed E-state index contributed by atoms with van der Waals surface area (Å²) in [5.41, 5.74) is 1.25. The topological polar surface area (TPSA) is 76.0 Å². The summed E-state index contributed by atoms with van der Waals surface area (Å²) in [5, 5.41) is 5.66. The summed E-state index contributed by atoms with van der Waals surface area (Å²) in [4.78, 5) is 27.7. The summed E-state index contributed by atoms with van der Waals surface area (Å²) in [7, 11) is 0. The van der Waals surface area contributed by atoms with Crippen molar-refractivity contribution in [2.75, 3.05) is 11.9 Å². The Morgan fingerprint density at radius 2 is 2.05 bits per heavy atom. The van der Waals surface area contributed by atoms with Crippen molar-refractivity contribution in [3.63, 3.8) is 0 Å². The number of carbonyl (C=O) groups excluding carboxylic acids is 2. The zero-order valence-electron chi connectivity index (χ0n) is 12.4. The van der Waals surface area contributed by atoms with Gasteiger partial charge in [-0.1, -0.05) is 17.7 Å². The van der Waals surface area contributed by atoms with Crippen molar-refractivity contribution in [2.24, 2.45) is 0 Å². The van der Waals surface area contributed by atoms with Crippen molar-refractivity contribution in [3.8, 4) is 0 Å². The van der Waals surface area contributed by atoms with E-state index in [-0.39, 0.29) is 0 Å². The molecule has 2 amide bonds. The quantitative estimate of drug-likeness (QED) is 0.845. The Kier molecular flexibility index (Phi) is 5.16. The molecule has 2 N–H and O–H groups in total. The highest BCUT2D eigenvalue weighted by Gasteiger charge is 2.14. The number of aromatic nitrogens is 2. The lowest BCUT2D eigenvalue weighted by Crippen LogP contribution is -2.37. The molecule has 1 heterocycles. The fraction of sp³-hybridized carbons (Fsp3) is 0.267. The third-order valence-corrected chi connectivity index (χ3v) is 3.69. The number of hydrogen-bond acceptors (Lipinski definition) is 3. The monoisotopic (exact) mass is 320 g/mol. The molecule has 0 saturated carbocycles. The second kappa shape index (κ2) is 7.09. The van der Waals surface area contributed by atoms with Gasteiger partial charge in [-0.25, -0.2) is 4.98 Å². The number of nitrogens with zero attached hydrogens (tertiary/aromatic N) is 2. The molecule has 1 aromatic carbocycles. The van der Waals surface area contributed by atoms with Gasteiger partial charge in [-0.05, 0) is 31.5 Å². The van der Waals surface area contributed by atoms with Crippen LogP contribution in [0.15, 0.2) is 30.6 Å². The fourth-order valence-corrected chi connectivity index (χ4v) is 2.11. The number of amides is 2. The van der Waals surface area contributed by atoms with Crippen molar-refractivity contribution in [2.45, 2.75) is 20.4 Å². The largest absolute Gasteiger partial charge is 0.346 e.